The van der Waals surface area contributed by atoms with Crippen LogP contribution in [0.1, 0.15) is 0 Å². The Morgan fingerprint density at radius 3 is 1.25 bits per heavy atom. The SMILES string of the molecule is [BH4-].[C]=O.[Na+]. The second kappa shape index (κ2) is 51.7. The molecule has 0 unspecified atom stereocenters. The first kappa shape index (κ1) is 21.9. The Kier molecular flexibility index (Phi) is 284. The zero-order valence-electron chi connectivity index (χ0n) is 1.91. The van der Waals surface area contributed by atoms with Crippen molar-refractivity contribution in [2.24, 2.45) is 0 Å². The summed E-state index contributed by atoms with van der Waals surface area (Å²) in [6.45, 7) is 4.50. The van der Waals surface area contributed by atoms with Crippen LogP contribution in [0, 0.1) is 0 Å². The van der Waals surface area contributed by atoms with E-state index in [9.17, 15) is 0 Å². The van der Waals surface area contributed by atoms with Crippen LogP contribution in [0.25, 0.3) is 0 Å². The molecular formula is CH4BNaO. The smallest absolute Gasteiger partial charge is 0.281 e. The maximum absolute atomic E-state index is 7.50. The third-order valence-electron chi connectivity index (χ3n) is 0. The first-order valence-electron chi connectivity index (χ1n) is 0.204. The molecule has 0 saturated heterocycles. The fourth-order valence-corrected chi connectivity index (χ4v) is 0. The van der Waals surface area contributed by atoms with Crippen molar-refractivity contribution in [1.82, 2.24) is 0 Å². The Labute approximate surface area is 49.6 Å². The van der Waals surface area contributed by atoms with Crippen molar-refractivity contribution in [1.29, 1.82) is 0 Å². The van der Waals surface area contributed by atoms with Gasteiger partial charge < -0.3 is 0 Å². The summed E-state index contributed by atoms with van der Waals surface area (Å²) in [5, 5.41) is 0. The summed E-state index contributed by atoms with van der Waals surface area (Å²) in [5.74, 6) is 0. The fraction of sp³-hybridized carbons (Fsp3) is 0. The molecule has 1 nitrogen and oxygen atoms in total. The van der Waals surface area contributed by atoms with Crippen LogP contribution in [0.15, 0.2) is 0 Å². The average molecular weight is 65.8 g/mol. The average Bonchev–Trinajstić information content (AvgIpc) is 1.00. The van der Waals surface area contributed by atoms with Crippen LogP contribution in [0.2, 0.25) is 0 Å². The van der Waals surface area contributed by atoms with E-state index in [2.05, 4.69) is 6.79 Å². The summed E-state index contributed by atoms with van der Waals surface area (Å²) in [5.41, 5.74) is 0. The predicted octanol–water partition coefficient (Wildman–Crippen LogP) is -4.84. The van der Waals surface area contributed by atoms with Crippen molar-refractivity contribution in [3.8, 4) is 0 Å². The van der Waals surface area contributed by atoms with E-state index in [0.29, 0.717) is 0 Å². The van der Waals surface area contributed by atoms with Crippen LogP contribution in [0.3, 0.4) is 0 Å². The van der Waals surface area contributed by atoms with Crippen LogP contribution in [0.4, 0.5) is 0 Å². The summed E-state index contributed by atoms with van der Waals surface area (Å²) < 4.78 is 0. The molecule has 4 heavy (non-hydrogen) atoms. The Bertz CT molecular complexity index is 8.00. The minimum Gasteiger partial charge on any atom is -0.281 e. The molecule has 0 aliphatic rings. The van der Waals surface area contributed by atoms with E-state index < -0.39 is 0 Å². The molecule has 0 heterocycles. The zero-order chi connectivity index (χ0) is 2.00. The van der Waals surface area contributed by atoms with Crippen molar-refractivity contribution >= 4 is 15.2 Å². The molecule has 3 heteroatoms. The molecule has 0 saturated carbocycles. The minimum atomic E-state index is 0. The van der Waals surface area contributed by atoms with Gasteiger partial charge in [-0.15, -0.1) is 0 Å². The summed E-state index contributed by atoms with van der Waals surface area (Å²) in [6, 6.07) is 0. The first-order valence-corrected chi connectivity index (χ1v) is 0.204. The van der Waals surface area contributed by atoms with E-state index >= 15 is 0 Å². The van der Waals surface area contributed by atoms with Crippen molar-refractivity contribution in [2.45, 2.75) is 0 Å². The van der Waals surface area contributed by atoms with Gasteiger partial charge >= 0.3 is 29.6 Å². The number of rotatable bonds is 0. The first-order chi connectivity index (χ1) is 1.00. The molecule has 0 bridgehead atoms. The second-order valence-corrected chi connectivity index (χ2v) is 0. The van der Waals surface area contributed by atoms with E-state index in [4.69, 9.17) is 4.79 Å². The summed E-state index contributed by atoms with van der Waals surface area (Å²) >= 11 is 0. The molecule has 0 amide bonds. The maximum atomic E-state index is 7.50. The molecule has 0 spiro atoms. The topological polar surface area (TPSA) is 17.1 Å². The molecule has 0 rings (SSSR count). The predicted molar refractivity (Wildman–Crippen MR) is 17.0 cm³/mol. The largest absolute Gasteiger partial charge is 1.00 e. The standard InChI is InChI=1S/CO.BH4.Na/c1-2;;/h;1H4;/q;-1;+1. The van der Waals surface area contributed by atoms with Gasteiger partial charge in [-0.25, -0.2) is 0 Å². The van der Waals surface area contributed by atoms with Crippen LogP contribution in [0.5, 0.6) is 0 Å². The normalized spacial score (nSPS) is 1.00. The quantitative estimate of drug-likeness (QED) is 0.259. The van der Waals surface area contributed by atoms with Crippen LogP contribution >= 0.6 is 0 Å². The summed E-state index contributed by atoms with van der Waals surface area (Å²) in [7, 11) is 0. The molecule has 0 aliphatic heterocycles. The van der Waals surface area contributed by atoms with Gasteiger partial charge in [0.1, 0.15) is 0 Å². The monoisotopic (exact) mass is 66.0 g/mol. The summed E-state index contributed by atoms with van der Waals surface area (Å²) in [6.07, 6.45) is 0. The third-order valence-corrected chi connectivity index (χ3v) is 0. The van der Waals surface area contributed by atoms with Crippen LogP contribution in [-0.4, -0.2) is 15.2 Å². The van der Waals surface area contributed by atoms with Gasteiger partial charge in [0.25, 0.3) is 6.79 Å². The van der Waals surface area contributed by atoms with Gasteiger partial charge in [-0.2, -0.15) is 0 Å². The molecule has 0 aromatic rings. The molecule has 0 N–H and O–H groups in total. The molecule has 0 atom stereocenters. The Morgan fingerprint density at radius 2 is 1.25 bits per heavy atom. The van der Waals surface area contributed by atoms with E-state index in [0.717, 1.165) is 0 Å². The molecule has 0 aliphatic carbocycles. The van der Waals surface area contributed by atoms with Gasteiger partial charge in [-0.05, 0) is 0 Å². The van der Waals surface area contributed by atoms with Crippen LogP contribution < -0.4 is 29.6 Å². The van der Waals surface area contributed by atoms with Gasteiger partial charge in [0.05, 0.1) is 0 Å². The minimum absolute atomic E-state index is 0. The zero-order valence-corrected chi connectivity index (χ0v) is 3.91. The molecular weight excluding hydrogens is 61.8 g/mol. The van der Waals surface area contributed by atoms with Crippen molar-refractivity contribution in [3.63, 3.8) is 0 Å². The van der Waals surface area contributed by atoms with Gasteiger partial charge in [0.2, 0.25) is 0 Å². The molecule has 0 aromatic heterocycles. The van der Waals surface area contributed by atoms with Crippen molar-refractivity contribution in [3.05, 3.63) is 0 Å². The second-order valence-electron chi connectivity index (χ2n) is 0. The van der Waals surface area contributed by atoms with E-state index in [1.165, 1.54) is 0 Å². The van der Waals surface area contributed by atoms with Crippen molar-refractivity contribution < 1.29 is 34.4 Å². The molecule has 18 valence electrons. The van der Waals surface area contributed by atoms with E-state index in [1.54, 1.807) is 0 Å². The molecule has 2 radical (unpaired) electrons. The van der Waals surface area contributed by atoms with E-state index in [1.807, 2.05) is 0 Å². The Hall–Kier alpha value is 0.735. The number of hydrogen-bond acceptors (Lipinski definition) is 1. The van der Waals surface area contributed by atoms with Gasteiger partial charge in [-0.3, -0.25) is 4.79 Å². The van der Waals surface area contributed by atoms with Gasteiger partial charge in [0.15, 0.2) is 0 Å². The summed E-state index contributed by atoms with van der Waals surface area (Å²) in [4.78, 5) is 7.50. The van der Waals surface area contributed by atoms with Gasteiger partial charge in [-0.1, -0.05) is 8.41 Å². The third kappa shape index (κ3) is 15.2. The molecule has 0 fully saturated rings. The van der Waals surface area contributed by atoms with E-state index in [-0.39, 0.29) is 38.0 Å². The van der Waals surface area contributed by atoms with Crippen LogP contribution in [-0.2, 0) is 4.79 Å². The van der Waals surface area contributed by atoms with Crippen molar-refractivity contribution in [2.75, 3.05) is 0 Å². The number of hydrogen-bond donors (Lipinski definition) is 0. The molecule has 0 aromatic carbocycles. The fourth-order valence-electron chi connectivity index (χ4n) is 0. The van der Waals surface area contributed by atoms with Gasteiger partial charge in [0, 0.05) is 0 Å². The Balaban J connectivity index is -0.00000000500. The maximum Gasteiger partial charge on any atom is 1.00 e. The number of carbonyl (C=O) groups excluding carboxylic acids is 1. The Morgan fingerprint density at radius 1 is 1.25 bits per heavy atom.